The standard InChI is InChI=1S/C14H16N2.C2H6/c1-3-7-12(4-2)10-16-11-15-13-8-5-6-9-14(13)16;1-2/h3-9,11H,10H2,1-2H3;1-2H3/b7-3-,12-4+;. The van der Waals surface area contributed by atoms with Crippen molar-refractivity contribution in [3.05, 3.63) is 54.4 Å². The van der Waals surface area contributed by atoms with Crippen molar-refractivity contribution in [3.8, 4) is 0 Å². The Hall–Kier alpha value is -1.83. The van der Waals surface area contributed by atoms with E-state index in [0.717, 1.165) is 12.1 Å². The van der Waals surface area contributed by atoms with Crippen LogP contribution < -0.4 is 0 Å². The van der Waals surface area contributed by atoms with Gasteiger partial charge in [0.25, 0.3) is 0 Å². The Bertz CT molecular complexity index is 533. The lowest BCUT2D eigenvalue weighted by Crippen LogP contribution is -1.97. The van der Waals surface area contributed by atoms with Crippen molar-refractivity contribution >= 4 is 11.0 Å². The molecule has 0 atom stereocenters. The van der Waals surface area contributed by atoms with Gasteiger partial charge >= 0.3 is 0 Å². The van der Waals surface area contributed by atoms with Crippen LogP contribution in [0.15, 0.2) is 54.4 Å². The number of para-hydroxylation sites is 2. The molecular weight excluding hydrogens is 220 g/mol. The fraction of sp³-hybridized carbons (Fsp3) is 0.312. The molecule has 1 heterocycles. The van der Waals surface area contributed by atoms with E-state index in [9.17, 15) is 0 Å². The molecule has 2 heteroatoms. The summed E-state index contributed by atoms with van der Waals surface area (Å²) in [6.45, 7) is 8.98. The molecule has 2 nitrogen and oxygen atoms in total. The highest BCUT2D eigenvalue weighted by Crippen LogP contribution is 2.13. The van der Waals surface area contributed by atoms with Crippen LogP contribution in [0.4, 0.5) is 0 Å². The topological polar surface area (TPSA) is 17.8 Å². The first-order chi connectivity index (χ1) is 8.85. The minimum absolute atomic E-state index is 0.876. The second kappa shape index (κ2) is 7.49. The van der Waals surface area contributed by atoms with Gasteiger partial charge in [0.1, 0.15) is 0 Å². The van der Waals surface area contributed by atoms with Crippen LogP contribution in [0.3, 0.4) is 0 Å². The summed E-state index contributed by atoms with van der Waals surface area (Å²) < 4.78 is 2.17. The van der Waals surface area contributed by atoms with Crippen LogP contribution in [0.5, 0.6) is 0 Å². The van der Waals surface area contributed by atoms with Crippen molar-refractivity contribution in [1.29, 1.82) is 0 Å². The van der Waals surface area contributed by atoms with Crippen LogP contribution in [0.1, 0.15) is 27.7 Å². The van der Waals surface area contributed by atoms with Gasteiger partial charge in [-0.25, -0.2) is 4.98 Å². The number of imidazole rings is 1. The number of hydrogen-bond donors (Lipinski definition) is 0. The zero-order chi connectivity index (χ0) is 13.4. The van der Waals surface area contributed by atoms with Gasteiger partial charge in [-0.1, -0.05) is 44.2 Å². The Labute approximate surface area is 110 Å². The van der Waals surface area contributed by atoms with Gasteiger partial charge in [-0.05, 0) is 31.6 Å². The molecule has 0 amide bonds. The van der Waals surface area contributed by atoms with Crippen molar-refractivity contribution < 1.29 is 0 Å². The Morgan fingerprint density at radius 3 is 2.61 bits per heavy atom. The zero-order valence-corrected chi connectivity index (χ0v) is 11.7. The van der Waals surface area contributed by atoms with Crippen molar-refractivity contribution in [2.45, 2.75) is 34.2 Å². The summed E-state index contributed by atoms with van der Waals surface area (Å²) in [5, 5.41) is 0. The van der Waals surface area contributed by atoms with Gasteiger partial charge in [0, 0.05) is 6.54 Å². The molecule has 2 rings (SSSR count). The average molecular weight is 242 g/mol. The number of aromatic nitrogens is 2. The monoisotopic (exact) mass is 242 g/mol. The lowest BCUT2D eigenvalue weighted by Gasteiger charge is -2.04. The largest absolute Gasteiger partial charge is 0.326 e. The molecule has 1 aromatic heterocycles. The molecule has 1 aromatic carbocycles. The van der Waals surface area contributed by atoms with E-state index in [0.29, 0.717) is 0 Å². The van der Waals surface area contributed by atoms with Gasteiger partial charge in [0.05, 0.1) is 17.4 Å². The van der Waals surface area contributed by atoms with E-state index < -0.39 is 0 Å². The number of nitrogens with zero attached hydrogens (tertiary/aromatic N) is 2. The third-order valence-electron chi connectivity index (χ3n) is 2.63. The first-order valence-electron chi connectivity index (χ1n) is 6.53. The maximum absolute atomic E-state index is 4.38. The SMILES string of the molecule is C/C=C\C(=C/C)Cn1cnc2ccccc21.CC. The van der Waals surface area contributed by atoms with Crippen molar-refractivity contribution in [3.63, 3.8) is 0 Å². The van der Waals surface area contributed by atoms with Crippen LogP contribution in [-0.4, -0.2) is 9.55 Å². The van der Waals surface area contributed by atoms with Crippen LogP contribution >= 0.6 is 0 Å². The quantitative estimate of drug-likeness (QED) is 0.720. The first kappa shape index (κ1) is 14.2. The Balaban J connectivity index is 0.000000771. The van der Waals surface area contributed by atoms with Crippen LogP contribution in [0.2, 0.25) is 0 Å². The molecule has 0 fully saturated rings. The molecule has 0 radical (unpaired) electrons. The molecule has 0 N–H and O–H groups in total. The van der Waals surface area contributed by atoms with Crippen LogP contribution in [0, 0.1) is 0 Å². The molecule has 0 unspecified atom stereocenters. The molecule has 0 spiro atoms. The predicted octanol–water partition coefficient (Wildman–Crippen LogP) is 4.58. The number of rotatable bonds is 3. The lowest BCUT2D eigenvalue weighted by molar-refractivity contribution is 0.822. The summed E-state index contributed by atoms with van der Waals surface area (Å²) in [5.41, 5.74) is 3.54. The Morgan fingerprint density at radius 2 is 1.94 bits per heavy atom. The highest BCUT2D eigenvalue weighted by Gasteiger charge is 2.01. The van der Waals surface area contributed by atoms with Crippen LogP contribution in [-0.2, 0) is 6.54 Å². The van der Waals surface area contributed by atoms with Gasteiger partial charge in [-0.15, -0.1) is 0 Å². The van der Waals surface area contributed by atoms with Gasteiger partial charge in [0.15, 0.2) is 0 Å². The zero-order valence-electron chi connectivity index (χ0n) is 11.7. The lowest BCUT2D eigenvalue weighted by atomic mass is 10.2. The second-order valence-corrected chi connectivity index (χ2v) is 3.72. The number of fused-ring (bicyclic) bond motifs is 1. The molecule has 0 aliphatic heterocycles. The first-order valence-corrected chi connectivity index (χ1v) is 6.53. The van der Waals surface area contributed by atoms with Gasteiger partial charge < -0.3 is 4.57 Å². The maximum atomic E-state index is 4.38. The highest BCUT2D eigenvalue weighted by molar-refractivity contribution is 5.75. The van der Waals surface area contributed by atoms with Crippen molar-refractivity contribution in [1.82, 2.24) is 9.55 Å². The number of benzene rings is 1. The minimum atomic E-state index is 0.876. The third kappa shape index (κ3) is 3.33. The van der Waals surface area contributed by atoms with Gasteiger partial charge in [0.2, 0.25) is 0 Å². The maximum Gasteiger partial charge on any atom is 0.0961 e. The normalized spacial score (nSPS) is 11.7. The molecule has 0 aliphatic carbocycles. The predicted molar refractivity (Wildman–Crippen MR) is 79.7 cm³/mol. The fourth-order valence-electron chi connectivity index (χ4n) is 1.79. The summed E-state index contributed by atoms with van der Waals surface area (Å²) in [7, 11) is 0. The summed E-state index contributed by atoms with van der Waals surface area (Å²) in [6.07, 6.45) is 8.23. The van der Waals surface area contributed by atoms with Crippen LogP contribution in [0.25, 0.3) is 11.0 Å². The molecule has 18 heavy (non-hydrogen) atoms. The second-order valence-electron chi connectivity index (χ2n) is 3.72. The Kier molecular flexibility index (Phi) is 5.92. The van der Waals surface area contributed by atoms with E-state index in [1.54, 1.807) is 0 Å². The highest BCUT2D eigenvalue weighted by atomic mass is 15.0. The fourth-order valence-corrected chi connectivity index (χ4v) is 1.79. The van der Waals surface area contributed by atoms with Crippen molar-refractivity contribution in [2.75, 3.05) is 0 Å². The van der Waals surface area contributed by atoms with Gasteiger partial charge in [-0.2, -0.15) is 0 Å². The number of hydrogen-bond acceptors (Lipinski definition) is 1. The number of allylic oxidation sites excluding steroid dienone is 4. The molecule has 0 bridgehead atoms. The smallest absolute Gasteiger partial charge is 0.0961 e. The molecule has 2 aromatic rings. The minimum Gasteiger partial charge on any atom is -0.326 e. The summed E-state index contributed by atoms with van der Waals surface area (Å²) in [6, 6.07) is 8.20. The molecule has 0 aliphatic rings. The third-order valence-corrected chi connectivity index (χ3v) is 2.63. The average Bonchev–Trinajstić information content (AvgIpc) is 2.84. The van der Waals surface area contributed by atoms with E-state index in [1.165, 1.54) is 11.1 Å². The Morgan fingerprint density at radius 1 is 1.22 bits per heavy atom. The summed E-state index contributed by atoms with van der Waals surface area (Å²) >= 11 is 0. The molecular formula is C16H22N2. The molecule has 0 saturated carbocycles. The van der Waals surface area contributed by atoms with E-state index in [2.05, 4.69) is 40.8 Å². The van der Waals surface area contributed by atoms with E-state index in [4.69, 9.17) is 0 Å². The van der Waals surface area contributed by atoms with E-state index in [-0.39, 0.29) is 0 Å². The summed E-state index contributed by atoms with van der Waals surface area (Å²) in [5.74, 6) is 0. The van der Waals surface area contributed by atoms with E-state index in [1.807, 2.05) is 45.3 Å². The molecule has 0 saturated heterocycles. The van der Waals surface area contributed by atoms with E-state index >= 15 is 0 Å². The summed E-state index contributed by atoms with van der Waals surface area (Å²) in [4.78, 5) is 4.38. The molecule has 96 valence electrons. The van der Waals surface area contributed by atoms with Crippen molar-refractivity contribution in [2.24, 2.45) is 0 Å². The van der Waals surface area contributed by atoms with Gasteiger partial charge in [-0.3, -0.25) is 0 Å².